The second-order valence-corrected chi connectivity index (χ2v) is 6.95. The molecule has 1 aromatic heterocycles. The lowest BCUT2D eigenvalue weighted by Crippen LogP contribution is -2.53. The smallest absolute Gasteiger partial charge is 0.251 e. The number of piperazine rings is 1. The molecule has 0 saturated carbocycles. The van der Waals surface area contributed by atoms with Crippen LogP contribution in [-0.4, -0.2) is 76.4 Å². The number of aromatic amines is 1. The van der Waals surface area contributed by atoms with Crippen molar-refractivity contribution >= 4 is 5.91 Å². The predicted molar refractivity (Wildman–Crippen MR) is 91.8 cm³/mol. The Morgan fingerprint density at radius 1 is 1.29 bits per heavy atom. The maximum atomic E-state index is 12.7. The predicted octanol–water partition coefficient (Wildman–Crippen LogP) is 0.378. The van der Waals surface area contributed by atoms with Crippen molar-refractivity contribution in [3.63, 3.8) is 0 Å². The summed E-state index contributed by atoms with van der Waals surface area (Å²) in [6.07, 6.45) is 2.08. The van der Waals surface area contributed by atoms with E-state index in [0.717, 1.165) is 51.3 Å². The maximum absolute atomic E-state index is 12.7. The van der Waals surface area contributed by atoms with E-state index in [0.29, 0.717) is 5.82 Å². The normalized spacial score (nSPS) is 24.3. The highest BCUT2D eigenvalue weighted by molar-refractivity contribution is 5.82. The van der Waals surface area contributed by atoms with Crippen LogP contribution in [-0.2, 0) is 4.79 Å². The van der Waals surface area contributed by atoms with Gasteiger partial charge < -0.3 is 9.88 Å². The van der Waals surface area contributed by atoms with Crippen LogP contribution in [0.15, 0.2) is 10.9 Å². The Bertz CT molecular complexity index is 651. The zero-order valence-corrected chi connectivity index (χ0v) is 14.8. The van der Waals surface area contributed by atoms with Gasteiger partial charge in [0.05, 0.1) is 12.1 Å². The molecule has 7 heteroatoms. The van der Waals surface area contributed by atoms with E-state index in [2.05, 4.69) is 26.7 Å². The summed E-state index contributed by atoms with van der Waals surface area (Å²) in [6.45, 7) is 8.00. The largest absolute Gasteiger partial charge is 0.339 e. The second-order valence-electron chi connectivity index (χ2n) is 6.95. The molecule has 1 aromatic rings. The first-order chi connectivity index (χ1) is 11.5. The number of aryl methyl sites for hydroxylation is 1. The quantitative estimate of drug-likeness (QED) is 0.866. The third-order valence-corrected chi connectivity index (χ3v) is 5.26. The second kappa shape index (κ2) is 7.03. The third kappa shape index (κ3) is 3.52. The molecule has 2 aliphatic rings. The lowest BCUT2D eigenvalue weighted by atomic mass is 10.1. The molecule has 0 radical (unpaired) electrons. The van der Waals surface area contributed by atoms with Gasteiger partial charge in [-0.1, -0.05) is 0 Å². The Kier molecular flexibility index (Phi) is 5.01. The molecule has 2 aliphatic heterocycles. The van der Waals surface area contributed by atoms with E-state index >= 15 is 0 Å². The lowest BCUT2D eigenvalue weighted by Gasteiger charge is -2.39. The molecule has 24 heavy (non-hydrogen) atoms. The van der Waals surface area contributed by atoms with E-state index in [1.165, 1.54) is 6.07 Å². The Balaban J connectivity index is 1.60. The fourth-order valence-electron chi connectivity index (χ4n) is 3.74. The van der Waals surface area contributed by atoms with E-state index in [4.69, 9.17) is 0 Å². The fourth-order valence-corrected chi connectivity index (χ4v) is 3.74. The zero-order chi connectivity index (χ0) is 17.3. The van der Waals surface area contributed by atoms with Crippen LogP contribution >= 0.6 is 0 Å². The van der Waals surface area contributed by atoms with Gasteiger partial charge in [-0.3, -0.25) is 19.4 Å². The van der Waals surface area contributed by atoms with E-state index in [1.54, 1.807) is 0 Å². The average molecular weight is 333 g/mol. The number of carbonyl (C=O) groups excluding carboxylic acids is 1. The van der Waals surface area contributed by atoms with E-state index in [9.17, 15) is 9.59 Å². The van der Waals surface area contributed by atoms with Gasteiger partial charge in [0.2, 0.25) is 5.91 Å². The van der Waals surface area contributed by atoms with Gasteiger partial charge in [0.1, 0.15) is 5.82 Å². The highest BCUT2D eigenvalue weighted by atomic mass is 16.2. The van der Waals surface area contributed by atoms with Gasteiger partial charge in [0.15, 0.2) is 0 Å². The number of nitrogens with one attached hydrogen (secondary N) is 1. The Morgan fingerprint density at radius 3 is 2.58 bits per heavy atom. The lowest BCUT2D eigenvalue weighted by molar-refractivity contribution is -0.137. The molecule has 2 fully saturated rings. The van der Waals surface area contributed by atoms with Crippen LogP contribution in [0.5, 0.6) is 0 Å². The number of rotatable bonds is 3. The van der Waals surface area contributed by atoms with Crippen molar-refractivity contribution in [2.75, 3.05) is 39.8 Å². The molecule has 0 spiro atoms. The molecule has 0 aliphatic carbocycles. The molecule has 2 atom stereocenters. The number of hydrogen-bond acceptors (Lipinski definition) is 5. The summed E-state index contributed by atoms with van der Waals surface area (Å²) in [5, 5.41) is 0. The minimum atomic E-state index is -0.109. The van der Waals surface area contributed by atoms with E-state index in [1.807, 2.05) is 18.9 Å². The summed E-state index contributed by atoms with van der Waals surface area (Å²) in [5.74, 6) is 0.972. The molecule has 0 aromatic carbocycles. The number of carbonyl (C=O) groups is 1. The van der Waals surface area contributed by atoms with Crippen LogP contribution in [0.1, 0.15) is 37.3 Å². The number of H-pyrrole nitrogens is 1. The summed E-state index contributed by atoms with van der Waals surface area (Å²) >= 11 is 0. The topological polar surface area (TPSA) is 72.5 Å². The van der Waals surface area contributed by atoms with Crippen molar-refractivity contribution in [1.82, 2.24) is 24.7 Å². The molecular formula is C17H27N5O2. The van der Waals surface area contributed by atoms with Crippen molar-refractivity contribution in [3.8, 4) is 0 Å². The highest BCUT2D eigenvalue weighted by Crippen LogP contribution is 2.21. The average Bonchev–Trinajstić information content (AvgIpc) is 2.99. The van der Waals surface area contributed by atoms with E-state index in [-0.39, 0.29) is 23.6 Å². The summed E-state index contributed by atoms with van der Waals surface area (Å²) in [4.78, 5) is 38.0. The summed E-state index contributed by atoms with van der Waals surface area (Å²) in [5.41, 5.74) is 0.626. The van der Waals surface area contributed by atoms with Crippen molar-refractivity contribution in [1.29, 1.82) is 0 Å². The van der Waals surface area contributed by atoms with Crippen LogP contribution in [0.3, 0.4) is 0 Å². The summed E-state index contributed by atoms with van der Waals surface area (Å²) in [7, 11) is 2.04. The van der Waals surface area contributed by atoms with Gasteiger partial charge in [0.25, 0.3) is 5.56 Å². The van der Waals surface area contributed by atoms with Gasteiger partial charge in [-0.2, -0.15) is 0 Å². The number of nitrogens with zero attached hydrogens (tertiary/aromatic N) is 4. The molecular weight excluding hydrogens is 306 g/mol. The minimum absolute atomic E-state index is 0.0454. The molecule has 132 valence electrons. The van der Waals surface area contributed by atoms with Crippen molar-refractivity contribution < 1.29 is 4.79 Å². The number of hydrogen-bond donors (Lipinski definition) is 1. The molecule has 1 N–H and O–H groups in total. The van der Waals surface area contributed by atoms with Gasteiger partial charge in [-0.15, -0.1) is 0 Å². The Hall–Kier alpha value is -1.73. The maximum Gasteiger partial charge on any atom is 0.251 e. The first kappa shape index (κ1) is 17.1. The van der Waals surface area contributed by atoms with Crippen LogP contribution in [0.4, 0.5) is 0 Å². The monoisotopic (exact) mass is 333 g/mol. The number of aromatic nitrogens is 2. The molecule has 2 unspecified atom stereocenters. The van der Waals surface area contributed by atoms with Gasteiger partial charge in [0, 0.05) is 37.9 Å². The zero-order valence-electron chi connectivity index (χ0n) is 14.8. The first-order valence-electron chi connectivity index (χ1n) is 8.76. The Labute approximate surface area is 142 Å². The van der Waals surface area contributed by atoms with Crippen LogP contribution in [0, 0.1) is 6.92 Å². The number of amides is 1. The third-order valence-electron chi connectivity index (χ3n) is 5.26. The van der Waals surface area contributed by atoms with Crippen LogP contribution < -0.4 is 5.56 Å². The van der Waals surface area contributed by atoms with Gasteiger partial charge in [-0.25, -0.2) is 4.98 Å². The van der Waals surface area contributed by atoms with Gasteiger partial charge in [-0.05, 0) is 40.3 Å². The highest BCUT2D eigenvalue weighted by Gasteiger charge is 2.33. The molecule has 3 heterocycles. The van der Waals surface area contributed by atoms with Crippen molar-refractivity contribution in [3.05, 3.63) is 27.9 Å². The minimum Gasteiger partial charge on any atom is -0.339 e. The van der Waals surface area contributed by atoms with Gasteiger partial charge >= 0.3 is 0 Å². The van der Waals surface area contributed by atoms with E-state index < -0.39 is 0 Å². The fraction of sp³-hybridized carbons (Fsp3) is 0.706. The molecule has 3 rings (SSSR count). The first-order valence-corrected chi connectivity index (χ1v) is 8.76. The Morgan fingerprint density at radius 2 is 2.00 bits per heavy atom. The number of likely N-dealkylation sites (N-methyl/N-ethyl adjacent to an activating group) is 1. The van der Waals surface area contributed by atoms with Crippen molar-refractivity contribution in [2.45, 2.75) is 38.8 Å². The van der Waals surface area contributed by atoms with Crippen LogP contribution in [0.25, 0.3) is 0 Å². The molecule has 0 bridgehead atoms. The summed E-state index contributed by atoms with van der Waals surface area (Å²) < 4.78 is 0. The molecule has 7 nitrogen and oxygen atoms in total. The molecule has 1 amide bonds. The standard InChI is InChI=1S/C17H27N5O2/c1-12-11-15(23)19-16(18-12)13(2)21-7-9-22(10-8-21)17(24)14-5-4-6-20(14)3/h11,13-14H,4-10H2,1-3H3,(H,18,19,23). The summed E-state index contributed by atoms with van der Waals surface area (Å²) in [6, 6.07) is 1.61. The molecule has 2 saturated heterocycles. The van der Waals surface area contributed by atoms with Crippen molar-refractivity contribution in [2.24, 2.45) is 0 Å². The van der Waals surface area contributed by atoms with Crippen LogP contribution in [0.2, 0.25) is 0 Å². The number of likely N-dealkylation sites (tertiary alicyclic amines) is 1. The SMILES string of the molecule is Cc1cc(=O)[nH]c(C(C)N2CCN(C(=O)C3CCCN3C)CC2)n1.